The summed E-state index contributed by atoms with van der Waals surface area (Å²) in [4.78, 5) is 0. The third-order valence-corrected chi connectivity index (χ3v) is 4.05. The van der Waals surface area contributed by atoms with Crippen LogP contribution in [0.15, 0.2) is 48.5 Å². The molecule has 0 unspecified atom stereocenters. The Morgan fingerprint density at radius 2 is 1.36 bits per heavy atom. The Kier molecular flexibility index (Phi) is 6.25. The van der Waals surface area contributed by atoms with E-state index in [4.69, 9.17) is 0 Å². The Hall–Kier alpha value is -1.85. The number of hydrogen-bond donors (Lipinski definition) is 2. The van der Waals surface area contributed by atoms with Gasteiger partial charge >= 0.3 is 6.18 Å². The lowest BCUT2D eigenvalue weighted by atomic mass is 10.0. The van der Waals surface area contributed by atoms with Crippen LogP contribution in [0.1, 0.15) is 31.9 Å². The van der Waals surface area contributed by atoms with E-state index in [0.717, 1.165) is 48.5 Å². The first-order valence-electron chi connectivity index (χ1n) is 8.43. The van der Waals surface area contributed by atoms with Crippen molar-refractivity contribution in [2.24, 2.45) is 0 Å². The molecule has 0 aromatic heterocycles. The fourth-order valence-electron chi connectivity index (χ4n) is 2.73. The molecule has 0 amide bonds. The third-order valence-electron chi connectivity index (χ3n) is 4.05. The highest BCUT2D eigenvalue weighted by atomic mass is 19.4. The molecule has 0 bridgehead atoms. The summed E-state index contributed by atoms with van der Waals surface area (Å²) in [5.41, 5.74) is 2.24. The molecule has 25 heavy (non-hydrogen) atoms. The van der Waals surface area contributed by atoms with Crippen molar-refractivity contribution in [1.29, 1.82) is 0 Å². The summed E-state index contributed by atoms with van der Waals surface area (Å²) < 4.78 is 37.8. The van der Waals surface area contributed by atoms with Gasteiger partial charge in [-0.15, -0.1) is 0 Å². The van der Waals surface area contributed by atoms with E-state index in [9.17, 15) is 13.2 Å². The lowest BCUT2D eigenvalue weighted by Crippen LogP contribution is -2.47. The molecule has 2 rings (SSSR count). The van der Waals surface area contributed by atoms with Crippen LogP contribution in [0.25, 0.3) is 11.1 Å². The maximum Gasteiger partial charge on any atom is 0.416 e. The van der Waals surface area contributed by atoms with Crippen LogP contribution in [0.3, 0.4) is 0 Å². The highest BCUT2D eigenvalue weighted by molar-refractivity contribution is 5.64. The Morgan fingerprint density at radius 3 is 1.84 bits per heavy atom. The molecule has 0 saturated carbocycles. The molecular weight excluding hydrogens is 325 g/mol. The normalized spacial score (nSPS) is 12.4. The number of hydrogen-bond acceptors (Lipinski definition) is 2. The molecule has 0 radical (unpaired) electrons. The number of rotatable bonds is 7. The molecule has 0 heterocycles. The van der Waals surface area contributed by atoms with Gasteiger partial charge in [-0.3, -0.25) is 0 Å². The zero-order chi connectivity index (χ0) is 18.5. The molecule has 0 spiro atoms. The van der Waals surface area contributed by atoms with Crippen molar-refractivity contribution in [1.82, 2.24) is 10.6 Å². The summed E-state index contributed by atoms with van der Waals surface area (Å²) in [7, 11) is 0. The second-order valence-corrected chi connectivity index (χ2v) is 6.79. The largest absolute Gasteiger partial charge is 0.416 e. The summed E-state index contributed by atoms with van der Waals surface area (Å²) >= 11 is 0. The van der Waals surface area contributed by atoms with Gasteiger partial charge in [-0.1, -0.05) is 43.3 Å². The molecule has 0 aliphatic heterocycles. The molecule has 2 N–H and O–H groups in total. The average Bonchev–Trinajstić information content (AvgIpc) is 2.54. The minimum Gasteiger partial charge on any atom is -0.311 e. The van der Waals surface area contributed by atoms with Crippen LogP contribution in [0, 0.1) is 0 Å². The first-order chi connectivity index (χ1) is 11.7. The van der Waals surface area contributed by atoms with Crippen molar-refractivity contribution in [2.45, 2.75) is 39.0 Å². The van der Waals surface area contributed by atoms with Crippen molar-refractivity contribution in [3.8, 4) is 11.1 Å². The van der Waals surface area contributed by atoms with E-state index >= 15 is 0 Å². The molecule has 0 atom stereocenters. The van der Waals surface area contributed by atoms with Gasteiger partial charge in [-0.25, -0.2) is 0 Å². The van der Waals surface area contributed by atoms with E-state index in [0.29, 0.717) is 0 Å². The SMILES string of the molecule is CCNC(C)(C)CNCc1ccc(-c2ccc(C(F)(F)F)cc2)cc1. The van der Waals surface area contributed by atoms with Crippen molar-refractivity contribution < 1.29 is 13.2 Å². The van der Waals surface area contributed by atoms with Crippen LogP contribution in [-0.2, 0) is 12.7 Å². The predicted molar refractivity (Wildman–Crippen MR) is 96.3 cm³/mol. The second kappa shape index (κ2) is 8.02. The predicted octanol–water partition coefficient (Wildman–Crippen LogP) is 4.85. The van der Waals surface area contributed by atoms with Gasteiger partial charge < -0.3 is 10.6 Å². The van der Waals surface area contributed by atoms with Gasteiger partial charge in [-0.2, -0.15) is 13.2 Å². The minimum atomic E-state index is -4.30. The van der Waals surface area contributed by atoms with Crippen LogP contribution in [-0.4, -0.2) is 18.6 Å². The lowest BCUT2D eigenvalue weighted by Gasteiger charge is -2.26. The van der Waals surface area contributed by atoms with Gasteiger partial charge in [0.2, 0.25) is 0 Å². The van der Waals surface area contributed by atoms with Crippen molar-refractivity contribution in [2.75, 3.05) is 13.1 Å². The highest BCUT2D eigenvalue weighted by Crippen LogP contribution is 2.31. The number of alkyl halides is 3. The molecule has 0 fully saturated rings. The number of halogens is 3. The van der Waals surface area contributed by atoms with Gasteiger partial charge in [0, 0.05) is 18.6 Å². The van der Waals surface area contributed by atoms with E-state index in [-0.39, 0.29) is 5.54 Å². The van der Waals surface area contributed by atoms with Crippen LogP contribution in [0.2, 0.25) is 0 Å². The van der Waals surface area contributed by atoms with Gasteiger partial charge in [0.25, 0.3) is 0 Å². The van der Waals surface area contributed by atoms with E-state index in [1.54, 1.807) is 0 Å². The standard InChI is InChI=1S/C20H25F3N2/c1-4-25-19(2,3)14-24-13-15-5-7-16(8-6-15)17-9-11-18(12-10-17)20(21,22)23/h5-12,24-25H,4,13-14H2,1-3H3. The van der Waals surface area contributed by atoms with Crippen LogP contribution in [0.4, 0.5) is 13.2 Å². The van der Waals surface area contributed by atoms with Crippen LogP contribution in [0.5, 0.6) is 0 Å². The number of benzene rings is 2. The zero-order valence-electron chi connectivity index (χ0n) is 14.9. The summed E-state index contributed by atoms with van der Waals surface area (Å²) in [5.74, 6) is 0. The maximum absolute atomic E-state index is 12.6. The third kappa shape index (κ3) is 5.87. The summed E-state index contributed by atoms with van der Waals surface area (Å²) in [6, 6.07) is 13.1. The van der Waals surface area contributed by atoms with Crippen LogP contribution >= 0.6 is 0 Å². The van der Waals surface area contributed by atoms with Gasteiger partial charge in [0.1, 0.15) is 0 Å². The average molecular weight is 350 g/mol. The van der Waals surface area contributed by atoms with Gasteiger partial charge in [-0.05, 0) is 49.2 Å². The molecule has 2 aromatic carbocycles. The fourth-order valence-corrected chi connectivity index (χ4v) is 2.73. The van der Waals surface area contributed by atoms with Gasteiger partial charge in [0.15, 0.2) is 0 Å². The lowest BCUT2D eigenvalue weighted by molar-refractivity contribution is -0.137. The molecule has 0 aliphatic rings. The van der Waals surface area contributed by atoms with E-state index in [2.05, 4.69) is 31.4 Å². The van der Waals surface area contributed by atoms with Crippen molar-refractivity contribution >= 4 is 0 Å². The maximum atomic E-state index is 12.6. The Bertz CT molecular complexity index is 659. The smallest absolute Gasteiger partial charge is 0.311 e. The van der Waals surface area contributed by atoms with Crippen molar-refractivity contribution in [3.05, 3.63) is 59.7 Å². The second-order valence-electron chi connectivity index (χ2n) is 6.79. The first kappa shape index (κ1) is 19.5. The Morgan fingerprint density at radius 1 is 0.840 bits per heavy atom. The highest BCUT2D eigenvalue weighted by Gasteiger charge is 2.29. The molecule has 5 heteroatoms. The summed E-state index contributed by atoms with van der Waals surface area (Å²) in [6.07, 6.45) is -4.30. The van der Waals surface area contributed by atoms with Crippen LogP contribution < -0.4 is 10.6 Å². The number of likely N-dealkylation sites (N-methyl/N-ethyl adjacent to an activating group) is 1. The van der Waals surface area contributed by atoms with E-state index in [1.807, 2.05) is 24.3 Å². The zero-order valence-corrected chi connectivity index (χ0v) is 14.9. The summed E-state index contributed by atoms with van der Waals surface area (Å²) in [6.45, 7) is 8.91. The van der Waals surface area contributed by atoms with Crippen molar-refractivity contribution in [3.63, 3.8) is 0 Å². The monoisotopic (exact) mass is 350 g/mol. The quantitative estimate of drug-likeness (QED) is 0.746. The topological polar surface area (TPSA) is 24.1 Å². The van der Waals surface area contributed by atoms with E-state index < -0.39 is 11.7 Å². The molecule has 0 saturated heterocycles. The number of nitrogens with one attached hydrogen (secondary N) is 2. The fraction of sp³-hybridized carbons (Fsp3) is 0.400. The molecule has 2 aromatic rings. The first-order valence-corrected chi connectivity index (χ1v) is 8.43. The van der Waals surface area contributed by atoms with E-state index in [1.165, 1.54) is 12.1 Å². The summed E-state index contributed by atoms with van der Waals surface area (Å²) in [5, 5.41) is 6.83. The Labute approximate surface area is 147 Å². The molecule has 0 aliphatic carbocycles. The molecule has 136 valence electrons. The van der Waals surface area contributed by atoms with Gasteiger partial charge in [0.05, 0.1) is 5.56 Å². The minimum absolute atomic E-state index is 0.0366. The molecule has 2 nitrogen and oxygen atoms in total. The molecular formula is C20H25F3N2. The Balaban J connectivity index is 1.96.